The van der Waals surface area contributed by atoms with Gasteiger partial charge in [0.1, 0.15) is 0 Å². The molecule has 0 aromatic carbocycles. The predicted octanol–water partition coefficient (Wildman–Crippen LogP) is 2.19. The highest BCUT2D eigenvalue weighted by atomic mass is 32.2. The van der Waals surface area contributed by atoms with E-state index in [9.17, 15) is 8.42 Å². The first kappa shape index (κ1) is 19.3. The fourth-order valence-electron chi connectivity index (χ4n) is 3.41. The van der Waals surface area contributed by atoms with Crippen molar-refractivity contribution in [1.29, 1.82) is 0 Å². The normalized spacial score (nSPS) is 18.7. The number of guanidine groups is 1. The van der Waals surface area contributed by atoms with Crippen LogP contribution in [-0.4, -0.2) is 46.0 Å². The summed E-state index contributed by atoms with van der Waals surface area (Å²) in [5.74, 6) is 1.76. The van der Waals surface area contributed by atoms with Crippen molar-refractivity contribution >= 4 is 15.8 Å². The van der Waals surface area contributed by atoms with E-state index < -0.39 is 9.84 Å². The number of nitrogens with zero attached hydrogens (tertiary/aromatic N) is 1. The van der Waals surface area contributed by atoms with Crippen LogP contribution in [0.15, 0.2) is 4.99 Å². The van der Waals surface area contributed by atoms with Gasteiger partial charge in [-0.25, -0.2) is 8.42 Å². The van der Waals surface area contributed by atoms with E-state index in [4.69, 9.17) is 0 Å². The first-order chi connectivity index (χ1) is 10.3. The largest absolute Gasteiger partial charge is 0.356 e. The van der Waals surface area contributed by atoms with Gasteiger partial charge in [0.15, 0.2) is 15.8 Å². The summed E-state index contributed by atoms with van der Waals surface area (Å²) in [7, 11) is -1.20. The molecule has 0 radical (unpaired) electrons. The lowest BCUT2D eigenvalue weighted by molar-refractivity contribution is 0.235. The average Bonchev–Trinajstić information content (AvgIpc) is 2.90. The van der Waals surface area contributed by atoms with Crippen molar-refractivity contribution in [2.75, 3.05) is 31.6 Å². The minimum atomic E-state index is -2.93. The molecule has 1 saturated carbocycles. The molecule has 0 heterocycles. The van der Waals surface area contributed by atoms with Gasteiger partial charge in [-0.1, -0.05) is 33.6 Å². The third-order valence-electron chi connectivity index (χ3n) is 4.51. The number of rotatable bonds is 8. The molecule has 0 amide bonds. The van der Waals surface area contributed by atoms with Gasteiger partial charge in [-0.05, 0) is 30.6 Å². The smallest absolute Gasteiger partial charge is 0.191 e. The molecule has 0 unspecified atom stereocenters. The molecular weight excluding hydrogens is 298 g/mol. The van der Waals surface area contributed by atoms with Crippen molar-refractivity contribution in [2.24, 2.45) is 16.3 Å². The van der Waals surface area contributed by atoms with Crippen LogP contribution in [0.2, 0.25) is 0 Å². The van der Waals surface area contributed by atoms with E-state index in [0.29, 0.717) is 23.8 Å². The Kier molecular flexibility index (Phi) is 7.66. The second-order valence-corrected chi connectivity index (χ2v) is 9.37. The molecule has 0 saturated heterocycles. The fourth-order valence-corrected chi connectivity index (χ4v) is 4.11. The van der Waals surface area contributed by atoms with Crippen LogP contribution in [0, 0.1) is 11.3 Å². The van der Waals surface area contributed by atoms with E-state index in [1.807, 2.05) is 0 Å². The minimum Gasteiger partial charge on any atom is -0.356 e. The molecule has 1 rings (SSSR count). The maximum Gasteiger partial charge on any atom is 0.191 e. The quantitative estimate of drug-likeness (QED) is 0.528. The Hall–Kier alpha value is -0.780. The zero-order valence-corrected chi connectivity index (χ0v) is 15.4. The van der Waals surface area contributed by atoms with Crippen LogP contribution >= 0.6 is 0 Å². The van der Waals surface area contributed by atoms with Gasteiger partial charge in [-0.15, -0.1) is 0 Å². The van der Waals surface area contributed by atoms with Gasteiger partial charge in [0.05, 0.1) is 5.75 Å². The van der Waals surface area contributed by atoms with Gasteiger partial charge < -0.3 is 10.6 Å². The molecule has 22 heavy (non-hydrogen) atoms. The van der Waals surface area contributed by atoms with Crippen LogP contribution < -0.4 is 10.6 Å². The van der Waals surface area contributed by atoms with Crippen LogP contribution in [0.3, 0.4) is 0 Å². The van der Waals surface area contributed by atoms with Crippen molar-refractivity contribution in [3.63, 3.8) is 0 Å². The summed E-state index contributed by atoms with van der Waals surface area (Å²) in [6.07, 6.45) is 6.42. The van der Waals surface area contributed by atoms with Crippen LogP contribution in [0.1, 0.15) is 52.9 Å². The highest BCUT2D eigenvalue weighted by Gasteiger charge is 2.34. The Morgan fingerprint density at radius 1 is 1.23 bits per heavy atom. The summed E-state index contributed by atoms with van der Waals surface area (Å²) < 4.78 is 23.0. The fraction of sp³-hybridized carbons (Fsp3) is 0.938. The molecule has 2 N–H and O–H groups in total. The molecule has 0 atom stereocenters. The maximum atomic E-state index is 11.5. The lowest BCUT2D eigenvalue weighted by atomic mass is 9.78. The molecule has 5 nitrogen and oxygen atoms in total. The molecule has 0 bridgehead atoms. The lowest BCUT2D eigenvalue weighted by Gasteiger charge is -2.31. The lowest BCUT2D eigenvalue weighted by Crippen LogP contribution is -2.44. The average molecular weight is 332 g/mol. The van der Waals surface area contributed by atoms with Crippen molar-refractivity contribution in [2.45, 2.75) is 52.9 Å². The van der Waals surface area contributed by atoms with Crippen molar-refractivity contribution < 1.29 is 8.42 Å². The molecule has 0 aromatic rings. The van der Waals surface area contributed by atoms with Crippen molar-refractivity contribution in [3.8, 4) is 0 Å². The Balaban J connectivity index is 2.45. The van der Waals surface area contributed by atoms with Gasteiger partial charge in [0, 0.05) is 25.9 Å². The van der Waals surface area contributed by atoms with E-state index in [1.165, 1.54) is 32.1 Å². The Morgan fingerprint density at radius 3 is 2.36 bits per heavy atom. The van der Waals surface area contributed by atoms with Crippen LogP contribution in [-0.2, 0) is 9.84 Å². The molecule has 0 spiro atoms. The Labute approximate surface area is 136 Å². The van der Waals surface area contributed by atoms with Gasteiger partial charge >= 0.3 is 0 Å². The van der Waals surface area contributed by atoms with E-state index in [-0.39, 0.29) is 11.5 Å². The second-order valence-electron chi connectivity index (χ2n) is 6.89. The summed E-state index contributed by atoms with van der Waals surface area (Å²) in [6, 6.07) is 0. The van der Waals surface area contributed by atoms with E-state index in [0.717, 1.165) is 6.54 Å². The summed E-state index contributed by atoms with van der Waals surface area (Å²) in [5, 5.41) is 6.52. The zero-order valence-electron chi connectivity index (χ0n) is 14.6. The number of aliphatic imine (C=N–C) groups is 1. The molecule has 0 aliphatic heterocycles. The maximum absolute atomic E-state index is 11.5. The first-order valence-electron chi connectivity index (χ1n) is 8.47. The number of hydrogen-bond acceptors (Lipinski definition) is 3. The number of nitrogens with one attached hydrogen (secondary N) is 2. The van der Waals surface area contributed by atoms with Crippen molar-refractivity contribution in [1.82, 2.24) is 10.6 Å². The first-order valence-corrected chi connectivity index (χ1v) is 10.3. The summed E-state index contributed by atoms with van der Waals surface area (Å²) in [4.78, 5) is 4.20. The summed E-state index contributed by atoms with van der Waals surface area (Å²) in [6.45, 7) is 7.57. The van der Waals surface area contributed by atoms with E-state index >= 15 is 0 Å². The summed E-state index contributed by atoms with van der Waals surface area (Å²) >= 11 is 0. The third-order valence-corrected chi connectivity index (χ3v) is 6.21. The SMILES string of the molecule is CCS(=O)(=O)CCNC(=NC)NCC1(CC(C)C)CCCC1. The highest BCUT2D eigenvalue weighted by molar-refractivity contribution is 7.91. The molecule has 1 aliphatic carbocycles. The Bertz CT molecular complexity index is 452. The molecule has 130 valence electrons. The molecule has 6 heteroatoms. The topological polar surface area (TPSA) is 70.6 Å². The van der Waals surface area contributed by atoms with Crippen molar-refractivity contribution in [3.05, 3.63) is 0 Å². The van der Waals surface area contributed by atoms with E-state index in [2.05, 4.69) is 29.5 Å². The third kappa shape index (κ3) is 6.55. The van der Waals surface area contributed by atoms with Crippen LogP contribution in [0.25, 0.3) is 0 Å². The highest BCUT2D eigenvalue weighted by Crippen LogP contribution is 2.42. The molecule has 0 aromatic heterocycles. The van der Waals surface area contributed by atoms with Gasteiger partial charge in [-0.2, -0.15) is 0 Å². The molecule has 1 aliphatic rings. The second kappa shape index (κ2) is 8.75. The number of sulfone groups is 1. The molecular formula is C16H33N3O2S. The zero-order chi connectivity index (χ0) is 16.6. The van der Waals surface area contributed by atoms with E-state index in [1.54, 1.807) is 14.0 Å². The Morgan fingerprint density at radius 2 is 1.86 bits per heavy atom. The monoisotopic (exact) mass is 331 g/mol. The van der Waals surface area contributed by atoms with Crippen LogP contribution in [0.4, 0.5) is 0 Å². The predicted molar refractivity (Wildman–Crippen MR) is 94.0 cm³/mol. The standard InChI is InChI=1S/C16H33N3O2S/c1-5-22(20,21)11-10-18-15(17-4)19-13-16(12-14(2)3)8-6-7-9-16/h14H,5-13H2,1-4H3,(H2,17,18,19). The van der Waals surface area contributed by atoms with Crippen LogP contribution in [0.5, 0.6) is 0 Å². The van der Waals surface area contributed by atoms with Gasteiger partial charge in [-0.3, -0.25) is 4.99 Å². The minimum absolute atomic E-state index is 0.154. The van der Waals surface area contributed by atoms with Gasteiger partial charge in [0.2, 0.25) is 0 Å². The van der Waals surface area contributed by atoms with Gasteiger partial charge in [0.25, 0.3) is 0 Å². The molecule has 1 fully saturated rings. The summed E-state index contributed by atoms with van der Waals surface area (Å²) in [5.41, 5.74) is 0.376. The number of hydrogen-bond donors (Lipinski definition) is 2.